The fourth-order valence-corrected chi connectivity index (χ4v) is 0.591. The number of ether oxygens (including phenoxy) is 1. The quantitative estimate of drug-likeness (QED) is 0.573. The monoisotopic (exact) mass is 176 g/mol. The molecule has 0 bridgehead atoms. The summed E-state index contributed by atoms with van der Waals surface area (Å²) in [7, 11) is 1.14. The van der Waals surface area contributed by atoms with Crippen LogP contribution in [0.3, 0.4) is 0 Å². The Labute approximate surface area is 70.0 Å². The van der Waals surface area contributed by atoms with E-state index in [2.05, 4.69) is 4.74 Å². The number of carboxylic acid groups (broad SMARTS) is 1. The lowest BCUT2D eigenvalue weighted by Gasteiger charge is -2.23. The average Bonchev–Trinajstić information content (AvgIpc) is 2.01. The first kappa shape index (κ1) is 10.9. The molecule has 0 saturated carbocycles. The van der Waals surface area contributed by atoms with Crippen molar-refractivity contribution in [2.45, 2.75) is 19.4 Å². The van der Waals surface area contributed by atoms with Crippen molar-refractivity contribution in [3.63, 3.8) is 0 Å². The van der Waals surface area contributed by atoms with Crippen molar-refractivity contribution < 1.29 is 24.5 Å². The molecule has 2 atom stereocenters. The zero-order valence-corrected chi connectivity index (χ0v) is 7.20. The standard InChI is InChI=1S/C7H12O5/c1-4(5(8)12-3)7(2,11)6(9)10/h4,11H,1-3H3,(H,9,10)/t4-,7+/m1/s1. The third kappa shape index (κ3) is 1.94. The predicted molar refractivity (Wildman–Crippen MR) is 39.4 cm³/mol. The van der Waals surface area contributed by atoms with Gasteiger partial charge < -0.3 is 14.9 Å². The fourth-order valence-electron chi connectivity index (χ4n) is 0.591. The number of hydrogen-bond acceptors (Lipinski definition) is 4. The van der Waals surface area contributed by atoms with Crippen LogP contribution in [0.1, 0.15) is 13.8 Å². The molecule has 70 valence electrons. The smallest absolute Gasteiger partial charge is 0.336 e. The van der Waals surface area contributed by atoms with Crippen LogP contribution in [0.25, 0.3) is 0 Å². The molecule has 0 radical (unpaired) electrons. The van der Waals surface area contributed by atoms with Crippen molar-refractivity contribution in [3.05, 3.63) is 0 Å². The molecular formula is C7H12O5. The van der Waals surface area contributed by atoms with E-state index in [-0.39, 0.29) is 0 Å². The average molecular weight is 176 g/mol. The summed E-state index contributed by atoms with van der Waals surface area (Å²) < 4.78 is 4.29. The number of hydrogen-bond donors (Lipinski definition) is 2. The van der Waals surface area contributed by atoms with Gasteiger partial charge in [0.25, 0.3) is 0 Å². The van der Waals surface area contributed by atoms with Crippen LogP contribution in [-0.2, 0) is 14.3 Å². The second-order valence-electron chi connectivity index (χ2n) is 2.70. The summed E-state index contributed by atoms with van der Waals surface area (Å²) in [4.78, 5) is 21.2. The summed E-state index contributed by atoms with van der Waals surface area (Å²) in [6.07, 6.45) is 0. The summed E-state index contributed by atoms with van der Waals surface area (Å²) in [6, 6.07) is 0. The van der Waals surface area contributed by atoms with Crippen LogP contribution in [0, 0.1) is 5.92 Å². The molecule has 0 aliphatic carbocycles. The number of carboxylic acids is 1. The fraction of sp³-hybridized carbons (Fsp3) is 0.714. The van der Waals surface area contributed by atoms with Gasteiger partial charge in [-0.3, -0.25) is 4.79 Å². The third-order valence-corrected chi connectivity index (χ3v) is 1.83. The van der Waals surface area contributed by atoms with Gasteiger partial charge in [0.1, 0.15) is 0 Å². The van der Waals surface area contributed by atoms with Crippen molar-refractivity contribution in [1.29, 1.82) is 0 Å². The van der Waals surface area contributed by atoms with Gasteiger partial charge >= 0.3 is 11.9 Å². The molecule has 12 heavy (non-hydrogen) atoms. The first-order valence-corrected chi connectivity index (χ1v) is 3.37. The Bertz CT molecular complexity index is 196. The molecule has 0 amide bonds. The molecule has 0 aliphatic rings. The van der Waals surface area contributed by atoms with Crippen molar-refractivity contribution in [1.82, 2.24) is 0 Å². The molecule has 0 rings (SSSR count). The summed E-state index contributed by atoms with van der Waals surface area (Å²) in [5, 5.41) is 17.8. The minimum Gasteiger partial charge on any atom is -0.479 e. The van der Waals surface area contributed by atoms with Gasteiger partial charge in [0.2, 0.25) is 0 Å². The van der Waals surface area contributed by atoms with Crippen LogP contribution in [-0.4, -0.2) is 34.9 Å². The number of aliphatic hydroxyl groups is 1. The van der Waals surface area contributed by atoms with Crippen molar-refractivity contribution in [3.8, 4) is 0 Å². The summed E-state index contributed by atoms with van der Waals surface area (Å²) in [5.74, 6) is -3.28. The van der Waals surface area contributed by atoms with Crippen LogP contribution in [0.4, 0.5) is 0 Å². The Morgan fingerprint density at radius 1 is 1.50 bits per heavy atom. The molecule has 0 spiro atoms. The van der Waals surface area contributed by atoms with E-state index < -0.39 is 23.5 Å². The zero-order valence-electron chi connectivity index (χ0n) is 7.20. The number of aliphatic carboxylic acids is 1. The highest BCUT2D eigenvalue weighted by Crippen LogP contribution is 2.17. The maximum absolute atomic E-state index is 10.8. The topological polar surface area (TPSA) is 83.8 Å². The molecule has 0 aromatic rings. The Hall–Kier alpha value is -1.10. The van der Waals surface area contributed by atoms with Gasteiger partial charge in [-0.25, -0.2) is 4.79 Å². The summed E-state index contributed by atoms with van der Waals surface area (Å²) in [5.41, 5.74) is -2.08. The molecule has 0 heterocycles. The van der Waals surface area contributed by atoms with Crippen LogP contribution < -0.4 is 0 Å². The zero-order chi connectivity index (χ0) is 9.94. The number of carbonyl (C=O) groups excluding carboxylic acids is 1. The Morgan fingerprint density at radius 2 is 1.92 bits per heavy atom. The second-order valence-corrected chi connectivity index (χ2v) is 2.70. The minimum absolute atomic E-state index is 0.748. The lowest BCUT2D eigenvalue weighted by molar-refractivity contribution is -0.172. The maximum Gasteiger partial charge on any atom is 0.336 e. The van der Waals surface area contributed by atoms with Gasteiger partial charge in [0.15, 0.2) is 5.60 Å². The molecule has 0 unspecified atom stereocenters. The van der Waals surface area contributed by atoms with Gasteiger partial charge in [0.05, 0.1) is 13.0 Å². The van der Waals surface area contributed by atoms with E-state index in [0.29, 0.717) is 0 Å². The van der Waals surface area contributed by atoms with E-state index in [4.69, 9.17) is 5.11 Å². The predicted octanol–water partition coefficient (Wildman–Crippen LogP) is -0.369. The van der Waals surface area contributed by atoms with Gasteiger partial charge in [-0.15, -0.1) is 0 Å². The second kappa shape index (κ2) is 3.53. The normalized spacial score (nSPS) is 17.7. The largest absolute Gasteiger partial charge is 0.479 e. The van der Waals surface area contributed by atoms with E-state index in [1.807, 2.05) is 0 Å². The molecule has 0 fully saturated rings. The van der Waals surface area contributed by atoms with Gasteiger partial charge in [-0.05, 0) is 13.8 Å². The molecule has 2 N–H and O–H groups in total. The van der Waals surface area contributed by atoms with Crippen molar-refractivity contribution >= 4 is 11.9 Å². The Balaban J connectivity index is 4.56. The lowest BCUT2D eigenvalue weighted by Crippen LogP contribution is -2.45. The molecule has 0 aliphatic heterocycles. The van der Waals surface area contributed by atoms with Crippen LogP contribution in [0.2, 0.25) is 0 Å². The van der Waals surface area contributed by atoms with Crippen molar-refractivity contribution in [2.75, 3.05) is 7.11 Å². The minimum atomic E-state index is -2.08. The summed E-state index contributed by atoms with van der Waals surface area (Å²) in [6.45, 7) is 2.34. The van der Waals surface area contributed by atoms with Crippen LogP contribution in [0.15, 0.2) is 0 Å². The van der Waals surface area contributed by atoms with E-state index in [1.165, 1.54) is 6.92 Å². The third-order valence-electron chi connectivity index (χ3n) is 1.83. The first-order chi connectivity index (χ1) is 5.34. The van der Waals surface area contributed by atoms with E-state index in [0.717, 1.165) is 14.0 Å². The van der Waals surface area contributed by atoms with Gasteiger partial charge in [-0.2, -0.15) is 0 Å². The highest BCUT2D eigenvalue weighted by Gasteiger charge is 2.41. The van der Waals surface area contributed by atoms with E-state index >= 15 is 0 Å². The summed E-state index contributed by atoms with van der Waals surface area (Å²) >= 11 is 0. The van der Waals surface area contributed by atoms with E-state index in [1.54, 1.807) is 0 Å². The Kier molecular flexibility index (Phi) is 3.21. The van der Waals surface area contributed by atoms with E-state index in [9.17, 15) is 14.7 Å². The first-order valence-electron chi connectivity index (χ1n) is 3.37. The van der Waals surface area contributed by atoms with Gasteiger partial charge in [0, 0.05) is 0 Å². The molecule has 5 nitrogen and oxygen atoms in total. The highest BCUT2D eigenvalue weighted by atomic mass is 16.5. The van der Waals surface area contributed by atoms with Crippen LogP contribution >= 0.6 is 0 Å². The highest BCUT2D eigenvalue weighted by molar-refractivity contribution is 5.85. The molecule has 0 saturated heterocycles. The molecular weight excluding hydrogens is 164 g/mol. The molecule has 5 heteroatoms. The van der Waals surface area contributed by atoms with Crippen LogP contribution in [0.5, 0.6) is 0 Å². The van der Waals surface area contributed by atoms with Gasteiger partial charge in [-0.1, -0.05) is 0 Å². The van der Waals surface area contributed by atoms with Crippen molar-refractivity contribution in [2.24, 2.45) is 5.92 Å². The number of rotatable bonds is 3. The number of esters is 1. The molecule has 0 aromatic heterocycles. The molecule has 0 aromatic carbocycles. The Morgan fingerprint density at radius 3 is 2.17 bits per heavy atom. The maximum atomic E-state index is 10.8. The SMILES string of the molecule is COC(=O)[C@@H](C)[C@](C)(O)C(=O)O. The lowest BCUT2D eigenvalue weighted by atomic mass is 9.91. The number of carbonyl (C=O) groups is 2. The number of methoxy groups -OCH3 is 1.